The lowest BCUT2D eigenvalue weighted by Crippen LogP contribution is -2.54. The number of carbonyl (C=O) groups excluding carboxylic acids is 2. The second-order valence-electron chi connectivity index (χ2n) is 11.2. The van der Waals surface area contributed by atoms with Gasteiger partial charge in [0, 0.05) is 34.6 Å². The number of nitrogens with zero attached hydrogens (tertiary/aromatic N) is 2. The number of benzene rings is 4. The number of amides is 2. The summed E-state index contributed by atoms with van der Waals surface area (Å²) < 4.78 is 41.3. The third-order valence-electron chi connectivity index (χ3n) is 7.87. The van der Waals surface area contributed by atoms with Crippen LogP contribution in [0.1, 0.15) is 31.4 Å². The minimum absolute atomic E-state index is 0.0579. The standard InChI is InChI=1S/C36H39BrClN3O6S/c1-5-25(2)39-36(43)32(21-26-9-7-6-8-10-26)40(23-27-11-13-28(37)14-12-27)35(42)24-41(30-17-15-29(38)16-18-30)48(44,45)31-19-20-33(46-3)34(22-31)47-4/h6-20,22,25,32H,5,21,23-24H2,1-4H3,(H,39,43)/t25-,32+/m0/s1. The molecule has 0 aliphatic heterocycles. The zero-order chi connectivity index (χ0) is 34.8. The summed E-state index contributed by atoms with van der Waals surface area (Å²) in [4.78, 5) is 29.9. The van der Waals surface area contributed by atoms with Gasteiger partial charge >= 0.3 is 0 Å². The fraction of sp³-hybridized carbons (Fsp3) is 0.278. The van der Waals surface area contributed by atoms with E-state index >= 15 is 0 Å². The monoisotopic (exact) mass is 755 g/mol. The van der Waals surface area contributed by atoms with E-state index in [-0.39, 0.29) is 41.2 Å². The van der Waals surface area contributed by atoms with Gasteiger partial charge in [0.15, 0.2) is 11.5 Å². The van der Waals surface area contributed by atoms with E-state index in [2.05, 4.69) is 21.2 Å². The number of nitrogens with one attached hydrogen (secondary N) is 1. The summed E-state index contributed by atoms with van der Waals surface area (Å²) in [5.41, 5.74) is 1.83. The molecule has 2 atom stereocenters. The highest BCUT2D eigenvalue weighted by Gasteiger charge is 2.35. The van der Waals surface area contributed by atoms with Gasteiger partial charge in [0.05, 0.1) is 24.8 Å². The van der Waals surface area contributed by atoms with Crippen LogP contribution in [0.4, 0.5) is 5.69 Å². The molecular weight excluding hydrogens is 718 g/mol. The van der Waals surface area contributed by atoms with E-state index in [1.807, 2.05) is 68.4 Å². The molecule has 0 spiro atoms. The Morgan fingerprint density at radius 1 is 0.875 bits per heavy atom. The molecule has 0 aliphatic carbocycles. The summed E-state index contributed by atoms with van der Waals surface area (Å²) in [5.74, 6) is -0.346. The predicted octanol–water partition coefficient (Wildman–Crippen LogP) is 6.87. The fourth-order valence-electron chi connectivity index (χ4n) is 5.02. The second kappa shape index (κ2) is 16.9. The van der Waals surface area contributed by atoms with Crippen LogP contribution < -0.4 is 19.1 Å². The minimum atomic E-state index is -4.36. The molecule has 4 aromatic rings. The van der Waals surface area contributed by atoms with Crippen LogP contribution >= 0.6 is 27.5 Å². The highest BCUT2D eigenvalue weighted by atomic mass is 79.9. The molecule has 0 fully saturated rings. The molecule has 4 aromatic carbocycles. The van der Waals surface area contributed by atoms with Crippen LogP contribution in [-0.2, 0) is 32.6 Å². The van der Waals surface area contributed by atoms with Gasteiger partial charge < -0.3 is 19.7 Å². The lowest BCUT2D eigenvalue weighted by atomic mass is 10.0. The molecule has 0 heterocycles. The SMILES string of the molecule is CC[C@H](C)NC(=O)[C@@H](Cc1ccccc1)N(Cc1ccc(Br)cc1)C(=O)CN(c1ccc(Cl)cc1)S(=O)(=O)c1ccc(OC)c(OC)c1. The van der Waals surface area contributed by atoms with Crippen molar-refractivity contribution in [2.45, 2.75) is 50.2 Å². The summed E-state index contributed by atoms with van der Waals surface area (Å²) in [6.45, 7) is 3.32. The molecule has 1 N–H and O–H groups in total. The van der Waals surface area contributed by atoms with Crippen molar-refractivity contribution >= 4 is 55.1 Å². The van der Waals surface area contributed by atoms with Crippen LogP contribution in [0.25, 0.3) is 0 Å². The summed E-state index contributed by atoms with van der Waals surface area (Å²) in [5, 5.41) is 3.44. The van der Waals surface area contributed by atoms with Crippen LogP contribution in [-0.4, -0.2) is 58.0 Å². The number of sulfonamides is 1. The quantitative estimate of drug-likeness (QED) is 0.142. The van der Waals surface area contributed by atoms with Crippen molar-refractivity contribution in [2.24, 2.45) is 0 Å². The molecule has 0 saturated heterocycles. The summed E-state index contributed by atoms with van der Waals surface area (Å²) in [6, 6.07) is 26.1. The van der Waals surface area contributed by atoms with Crippen molar-refractivity contribution in [1.82, 2.24) is 10.2 Å². The molecule has 0 saturated carbocycles. The number of anilines is 1. The maximum atomic E-state index is 14.6. The van der Waals surface area contributed by atoms with Crippen molar-refractivity contribution in [3.8, 4) is 11.5 Å². The second-order valence-corrected chi connectivity index (χ2v) is 14.4. The summed E-state index contributed by atoms with van der Waals surface area (Å²) in [7, 11) is -1.50. The summed E-state index contributed by atoms with van der Waals surface area (Å²) in [6.07, 6.45) is 0.910. The van der Waals surface area contributed by atoms with E-state index in [1.165, 1.54) is 49.5 Å². The molecule has 2 amide bonds. The molecule has 254 valence electrons. The van der Waals surface area contributed by atoms with Gasteiger partial charge in [0.2, 0.25) is 11.8 Å². The van der Waals surface area contributed by atoms with E-state index < -0.39 is 28.5 Å². The molecule has 9 nitrogen and oxygen atoms in total. The zero-order valence-electron chi connectivity index (χ0n) is 27.2. The van der Waals surface area contributed by atoms with E-state index in [4.69, 9.17) is 21.1 Å². The van der Waals surface area contributed by atoms with Gasteiger partial charge in [-0.15, -0.1) is 0 Å². The molecule has 0 aliphatic rings. The molecule has 0 unspecified atom stereocenters. The van der Waals surface area contributed by atoms with Crippen molar-refractivity contribution in [2.75, 3.05) is 25.1 Å². The lowest BCUT2D eigenvalue weighted by molar-refractivity contribution is -0.140. The third-order valence-corrected chi connectivity index (χ3v) is 10.4. The van der Waals surface area contributed by atoms with Gasteiger partial charge in [0.1, 0.15) is 12.6 Å². The number of methoxy groups -OCH3 is 2. The zero-order valence-corrected chi connectivity index (χ0v) is 30.4. The Labute approximate surface area is 296 Å². The first-order valence-electron chi connectivity index (χ1n) is 15.3. The predicted molar refractivity (Wildman–Crippen MR) is 192 cm³/mol. The van der Waals surface area contributed by atoms with Gasteiger partial charge in [-0.25, -0.2) is 8.42 Å². The number of ether oxygens (including phenoxy) is 2. The molecule has 0 bridgehead atoms. The average Bonchev–Trinajstić information content (AvgIpc) is 3.09. The topological polar surface area (TPSA) is 105 Å². The normalized spacial score (nSPS) is 12.5. The van der Waals surface area contributed by atoms with Crippen molar-refractivity contribution in [1.29, 1.82) is 0 Å². The molecule has 48 heavy (non-hydrogen) atoms. The number of halogens is 2. The maximum absolute atomic E-state index is 14.6. The van der Waals surface area contributed by atoms with Gasteiger partial charge in [-0.2, -0.15) is 0 Å². The van der Waals surface area contributed by atoms with Crippen LogP contribution in [0.15, 0.2) is 106 Å². The Hall–Kier alpha value is -4.06. The van der Waals surface area contributed by atoms with Crippen molar-refractivity contribution in [3.63, 3.8) is 0 Å². The first-order valence-corrected chi connectivity index (χ1v) is 18.0. The maximum Gasteiger partial charge on any atom is 0.264 e. The number of hydrogen-bond acceptors (Lipinski definition) is 6. The number of rotatable bonds is 15. The van der Waals surface area contributed by atoms with Crippen LogP contribution in [0.2, 0.25) is 5.02 Å². The Balaban J connectivity index is 1.82. The van der Waals surface area contributed by atoms with E-state index in [9.17, 15) is 18.0 Å². The fourth-order valence-corrected chi connectivity index (χ4v) is 6.84. The molecule has 4 rings (SSSR count). The highest BCUT2D eigenvalue weighted by molar-refractivity contribution is 9.10. The van der Waals surface area contributed by atoms with Crippen molar-refractivity contribution < 1.29 is 27.5 Å². The Morgan fingerprint density at radius 2 is 1.52 bits per heavy atom. The first-order chi connectivity index (χ1) is 23.0. The molecule has 0 aromatic heterocycles. The minimum Gasteiger partial charge on any atom is -0.493 e. The molecular formula is C36H39BrClN3O6S. The highest BCUT2D eigenvalue weighted by Crippen LogP contribution is 2.33. The van der Waals surface area contributed by atoms with E-state index in [1.54, 1.807) is 12.1 Å². The van der Waals surface area contributed by atoms with E-state index in [0.29, 0.717) is 17.2 Å². The smallest absolute Gasteiger partial charge is 0.264 e. The van der Waals surface area contributed by atoms with Crippen LogP contribution in [0.3, 0.4) is 0 Å². The van der Waals surface area contributed by atoms with Gasteiger partial charge in [-0.05, 0) is 73.0 Å². The van der Waals surface area contributed by atoms with Gasteiger partial charge in [0.25, 0.3) is 10.0 Å². The van der Waals surface area contributed by atoms with Gasteiger partial charge in [-0.3, -0.25) is 13.9 Å². The largest absolute Gasteiger partial charge is 0.493 e. The Bertz CT molecular complexity index is 1790. The average molecular weight is 757 g/mol. The molecule has 12 heteroatoms. The Morgan fingerprint density at radius 3 is 2.12 bits per heavy atom. The third kappa shape index (κ3) is 9.30. The number of carbonyl (C=O) groups is 2. The van der Waals surface area contributed by atoms with Crippen LogP contribution in [0, 0.1) is 0 Å². The first kappa shape index (κ1) is 36.8. The van der Waals surface area contributed by atoms with E-state index in [0.717, 1.165) is 19.9 Å². The molecule has 0 radical (unpaired) electrons. The van der Waals surface area contributed by atoms with Crippen LogP contribution in [0.5, 0.6) is 11.5 Å². The lowest BCUT2D eigenvalue weighted by Gasteiger charge is -2.34. The Kier molecular flexibility index (Phi) is 12.9. The number of hydrogen-bond donors (Lipinski definition) is 1. The van der Waals surface area contributed by atoms with Gasteiger partial charge in [-0.1, -0.05) is 76.9 Å². The van der Waals surface area contributed by atoms with Crippen molar-refractivity contribution in [3.05, 3.63) is 118 Å². The summed E-state index contributed by atoms with van der Waals surface area (Å²) >= 11 is 9.62.